The molecule has 3 rings (SSSR count). The summed E-state index contributed by atoms with van der Waals surface area (Å²) in [6, 6.07) is 4.56. The lowest BCUT2D eigenvalue weighted by molar-refractivity contribution is 0.447. The van der Waals surface area contributed by atoms with Crippen LogP contribution in [0.25, 0.3) is 10.9 Å². The quantitative estimate of drug-likeness (QED) is 0.825. The van der Waals surface area contributed by atoms with E-state index in [1.807, 2.05) is 0 Å². The number of rotatable bonds is 1. The lowest BCUT2D eigenvalue weighted by Gasteiger charge is -2.24. The minimum absolute atomic E-state index is 0.672. The Morgan fingerprint density at radius 1 is 1.16 bits per heavy atom. The Morgan fingerprint density at radius 2 is 1.95 bits per heavy atom. The highest BCUT2D eigenvalue weighted by Gasteiger charge is 2.23. The van der Waals surface area contributed by atoms with Crippen LogP contribution >= 0.6 is 0 Å². The van der Waals surface area contributed by atoms with Crippen molar-refractivity contribution in [2.24, 2.45) is 7.05 Å². The van der Waals surface area contributed by atoms with Gasteiger partial charge in [0.15, 0.2) is 0 Å². The van der Waals surface area contributed by atoms with Crippen molar-refractivity contribution in [1.82, 2.24) is 9.88 Å². The van der Waals surface area contributed by atoms with Crippen molar-refractivity contribution in [1.29, 1.82) is 0 Å². The van der Waals surface area contributed by atoms with Gasteiger partial charge in [0.05, 0.1) is 5.52 Å². The molecular weight excluding hydrogens is 232 g/mol. The minimum atomic E-state index is 0.672. The predicted molar refractivity (Wildman–Crippen MR) is 82.0 cm³/mol. The Hall–Kier alpha value is -1.28. The van der Waals surface area contributed by atoms with E-state index in [1.165, 1.54) is 52.7 Å². The lowest BCUT2D eigenvalue weighted by Crippen LogP contribution is -2.29. The molecule has 0 radical (unpaired) electrons. The number of hydrogen-bond acceptors (Lipinski definition) is 1. The maximum absolute atomic E-state index is 3.54. The Balaban J connectivity index is 2.22. The Labute approximate surface area is 115 Å². The second kappa shape index (κ2) is 4.68. The minimum Gasteiger partial charge on any atom is -0.347 e. The van der Waals surface area contributed by atoms with Crippen LogP contribution in [0.4, 0.5) is 0 Å². The third kappa shape index (κ3) is 1.90. The van der Waals surface area contributed by atoms with Gasteiger partial charge in [-0.25, -0.2) is 0 Å². The maximum atomic E-state index is 3.54. The van der Waals surface area contributed by atoms with Gasteiger partial charge in [-0.15, -0.1) is 0 Å². The van der Waals surface area contributed by atoms with Crippen LogP contribution in [0.1, 0.15) is 41.1 Å². The predicted octanol–water partition coefficient (Wildman–Crippen LogP) is 3.57. The van der Waals surface area contributed by atoms with Crippen LogP contribution in [0.2, 0.25) is 0 Å². The molecule has 0 saturated carbocycles. The van der Waals surface area contributed by atoms with E-state index in [0.29, 0.717) is 5.92 Å². The first kappa shape index (κ1) is 12.7. The summed E-state index contributed by atoms with van der Waals surface area (Å²) in [6.07, 6.45) is 2.61. The molecule has 1 N–H and O–H groups in total. The number of aryl methyl sites for hydroxylation is 4. The zero-order valence-electron chi connectivity index (χ0n) is 12.5. The van der Waals surface area contributed by atoms with Gasteiger partial charge in [0.2, 0.25) is 0 Å². The van der Waals surface area contributed by atoms with E-state index in [2.05, 4.69) is 49.8 Å². The monoisotopic (exact) mass is 256 g/mol. The second-order valence-corrected chi connectivity index (χ2v) is 6.02. The van der Waals surface area contributed by atoms with Gasteiger partial charge < -0.3 is 9.88 Å². The van der Waals surface area contributed by atoms with Gasteiger partial charge in [-0.1, -0.05) is 12.1 Å². The molecule has 0 spiro atoms. The normalized spacial score (nSPS) is 20.1. The fourth-order valence-electron chi connectivity index (χ4n) is 3.71. The van der Waals surface area contributed by atoms with Crippen LogP contribution in [0.5, 0.6) is 0 Å². The smallest absolute Gasteiger partial charge is 0.0515 e. The van der Waals surface area contributed by atoms with Crippen molar-refractivity contribution in [2.75, 3.05) is 13.1 Å². The fourth-order valence-corrected chi connectivity index (χ4v) is 3.71. The van der Waals surface area contributed by atoms with Gasteiger partial charge in [-0.2, -0.15) is 0 Å². The van der Waals surface area contributed by atoms with E-state index in [9.17, 15) is 0 Å². The van der Waals surface area contributed by atoms with Crippen LogP contribution < -0.4 is 5.32 Å². The van der Waals surface area contributed by atoms with Crippen molar-refractivity contribution >= 4 is 10.9 Å². The highest BCUT2D eigenvalue weighted by Crippen LogP contribution is 2.35. The molecule has 2 heteroatoms. The van der Waals surface area contributed by atoms with E-state index in [0.717, 1.165) is 6.54 Å². The number of nitrogens with zero attached hydrogens (tertiary/aromatic N) is 1. The number of aromatic nitrogens is 1. The molecule has 1 atom stereocenters. The van der Waals surface area contributed by atoms with E-state index in [4.69, 9.17) is 0 Å². The third-order valence-corrected chi connectivity index (χ3v) is 4.87. The summed E-state index contributed by atoms with van der Waals surface area (Å²) in [5.74, 6) is 0.672. The summed E-state index contributed by atoms with van der Waals surface area (Å²) in [4.78, 5) is 0. The van der Waals surface area contributed by atoms with Gasteiger partial charge in [0.1, 0.15) is 0 Å². The number of hydrogen-bond donors (Lipinski definition) is 1. The summed E-state index contributed by atoms with van der Waals surface area (Å²) in [7, 11) is 2.24. The van der Waals surface area contributed by atoms with Gasteiger partial charge >= 0.3 is 0 Å². The zero-order chi connectivity index (χ0) is 13.6. The Kier molecular flexibility index (Phi) is 3.14. The molecule has 2 nitrogen and oxygen atoms in total. The number of nitrogens with one attached hydrogen (secondary N) is 1. The fraction of sp³-hybridized carbons (Fsp3) is 0.529. The topological polar surface area (TPSA) is 17.0 Å². The Morgan fingerprint density at radius 3 is 2.63 bits per heavy atom. The molecule has 2 heterocycles. The molecule has 1 unspecified atom stereocenters. The lowest BCUT2D eigenvalue weighted by atomic mass is 9.93. The largest absolute Gasteiger partial charge is 0.347 e. The Bertz CT molecular complexity index is 616. The molecule has 0 aliphatic carbocycles. The first-order valence-corrected chi connectivity index (χ1v) is 7.37. The molecule has 1 aromatic heterocycles. The van der Waals surface area contributed by atoms with Crippen molar-refractivity contribution in [3.05, 3.63) is 34.5 Å². The van der Waals surface area contributed by atoms with Gasteiger partial charge in [-0.3, -0.25) is 0 Å². The summed E-state index contributed by atoms with van der Waals surface area (Å²) in [6.45, 7) is 9.06. The van der Waals surface area contributed by atoms with Crippen LogP contribution in [0.3, 0.4) is 0 Å². The van der Waals surface area contributed by atoms with E-state index in [1.54, 1.807) is 0 Å². The molecule has 1 aliphatic heterocycles. The van der Waals surface area contributed by atoms with Crippen LogP contribution in [-0.4, -0.2) is 17.7 Å². The van der Waals surface area contributed by atoms with Gasteiger partial charge in [0, 0.05) is 30.6 Å². The summed E-state index contributed by atoms with van der Waals surface area (Å²) >= 11 is 0. The highest BCUT2D eigenvalue weighted by atomic mass is 15.0. The molecular formula is C17H24N2. The van der Waals surface area contributed by atoms with E-state index < -0.39 is 0 Å². The first-order chi connectivity index (χ1) is 9.11. The summed E-state index contributed by atoms with van der Waals surface area (Å²) in [5.41, 5.74) is 7.27. The number of benzene rings is 1. The van der Waals surface area contributed by atoms with E-state index >= 15 is 0 Å². The third-order valence-electron chi connectivity index (χ3n) is 4.87. The van der Waals surface area contributed by atoms with Crippen molar-refractivity contribution in [3.8, 4) is 0 Å². The van der Waals surface area contributed by atoms with Crippen LogP contribution in [0, 0.1) is 20.8 Å². The average molecular weight is 256 g/mol. The molecule has 2 aromatic rings. The van der Waals surface area contributed by atoms with Crippen molar-refractivity contribution < 1.29 is 0 Å². The first-order valence-electron chi connectivity index (χ1n) is 7.37. The molecule has 1 aliphatic rings. The van der Waals surface area contributed by atoms with Crippen LogP contribution in [0.15, 0.2) is 12.1 Å². The molecule has 0 bridgehead atoms. The number of fused-ring (bicyclic) bond motifs is 1. The van der Waals surface area contributed by atoms with Gasteiger partial charge in [0.25, 0.3) is 0 Å². The SMILES string of the molecule is Cc1ccc2c(C)c(C3CCCNC3)n(C)c2c1C. The second-order valence-electron chi connectivity index (χ2n) is 6.02. The molecule has 0 amide bonds. The summed E-state index contributed by atoms with van der Waals surface area (Å²) in [5, 5.41) is 4.98. The van der Waals surface area contributed by atoms with Crippen LogP contribution in [-0.2, 0) is 7.05 Å². The maximum Gasteiger partial charge on any atom is 0.0515 e. The molecule has 1 saturated heterocycles. The average Bonchev–Trinajstić information content (AvgIpc) is 2.67. The highest BCUT2D eigenvalue weighted by molar-refractivity contribution is 5.89. The molecule has 1 fully saturated rings. The standard InChI is InChI=1S/C17H24N2/c1-11-7-8-15-13(3)16(14-6-5-9-18-10-14)19(4)17(15)12(11)2/h7-8,14,18H,5-6,9-10H2,1-4H3. The molecule has 102 valence electrons. The molecule has 19 heavy (non-hydrogen) atoms. The van der Waals surface area contributed by atoms with Crippen molar-refractivity contribution in [2.45, 2.75) is 39.5 Å². The summed E-state index contributed by atoms with van der Waals surface area (Å²) < 4.78 is 2.45. The zero-order valence-corrected chi connectivity index (χ0v) is 12.5. The van der Waals surface area contributed by atoms with E-state index in [-0.39, 0.29) is 0 Å². The van der Waals surface area contributed by atoms with Crippen molar-refractivity contribution in [3.63, 3.8) is 0 Å². The van der Waals surface area contributed by atoms with Gasteiger partial charge in [-0.05, 0) is 56.8 Å². The number of piperidine rings is 1. The molecule has 1 aromatic carbocycles.